The van der Waals surface area contributed by atoms with E-state index in [1.54, 1.807) is 0 Å². The smallest absolute Gasteiger partial charge is 0.125 e. The van der Waals surface area contributed by atoms with E-state index < -0.39 is 5.67 Å². The third-order valence-corrected chi connectivity index (χ3v) is 2.79. The number of hydrogen-bond acceptors (Lipinski definition) is 2. The van der Waals surface area contributed by atoms with E-state index in [1.165, 1.54) is 0 Å². The van der Waals surface area contributed by atoms with Crippen molar-refractivity contribution in [3.63, 3.8) is 0 Å². The maximum absolute atomic E-state index is 13.3. The van der Waals surface area contributed by atoms with E-state index in [1.807, 2.05) is 0 Å². The lowest BCUT2D eigenvalue weighted by Crippen LogP contribution is -2.44. The van der Waals surface area contributed by atoms with Gasteiger partial charge in [-0.25, -0.2) is 4.39 Å². The van der Waals surface area contributed by atoms with Crippen LogP contribution in [0.25, 0.3) is 0 Å². The average Bonchev–Trinajstić information content (AvgIpc) is 2.42. The van der Waals surface area contributed by atoms with Crippen molar-refractivity contribution >= 4 is 12.4 Å². The molecule has 0 spiro atoms. The van der Waals surface area contributed by atoms with Crippen LogP contribution in [0.5, 0.6) is 0 Å². The molecule has 1 aliphatic heterocycles. The summed E-state index contributed by atoms with van der Waals surface area (Å²) in [6.45, 7) is 0.520. The van der Waals surface area contributed by atoms with Crippen molar-refractivity contribution in [3.05, 3.63) is 0 Å². The molecule has 11 heavy (non-hydrogen) atoms. The molecule has 0 aromatic heterocycles. The predicted octanol–water partition coefficient (Wildman–Crippen LogP) is 0.635. The zero-order valence-electron chi connectivity index (χ0n) is 6.27. The number of halogens is 2. The zero-order chi connectivity index (χ0) is 7.24. The van der Waals surface area contributed by atoms with Crippen LogP contribution in [-0.4, -0.2) is 29.5 Å². The molecule has 0 amide bonds. The topological polar surface area (TPSA) is 32.3 Å². The van der Waals surface area contributed by atoms with Crippen molar-refractivity contribution in [1.29, 1.82) is 0 Å². The minimum atomic E-state index is -0.997. The van der Waals surface area contributed by atoms with Crippen molar-refractivity contribution in [2.75, 3.05) is 13.2 Å². The molecule has 1 heterocycles. The summed E-state index contributed by atoms with van der Waals surface area (Å²) in [6.07, 6.45) is 1.93. The Morgan fingerprint density at radius 2 is 2.18 bits per heavy atom. The highest BCUT2D eigenvalue weighted by Gasteiger charge is 2.54. The normalized spacial score (nSPS) is 47.5. The summed E-state index contributed by atoms with van der Waals surface area (Å²) in [6, 6.07) is 0. The van der Waals surface area contributed by atoms with Crippen LogP contribution >= 0.6 is 12.4 Å². The molecular weight excluding hydrogens is 169 g/mol. The van der Waals surface area contributed by atoms with E-state index >= 15 is 0 Å². The largest absolute Gasteiger partial charge is 0.394 e. The van der Waals surface area contributed by atoms with E-state index in [0.717, 1.165) is 6.42 Å². The van der Waals surface area contributed by atoms with Crippen LogP contribution in [-0.2, 0) is 0 Å². The van der Waals surface area contributed by atoms with Crippen LogP contribution in [0.2, 0.25) is 0 Å². The molecule has 2 aliphatic rings. The number of hydrogen-bond donors (Lipinski definition) is 2. The van der Waals surface area contributed by atoms with Gasteiger partial charge in [0.1, 0.15) is 5.67 Å². The van der Waals surface area contributed by atoms with E-state index in [0.29, 0.717) is 19.4 Å². The van der Waals surface area contributed by atoms with Gasteiger partial charge < -0.3 is 10.4 Å². The van der Waals surface area contributed by atoms with Gasteiger partial charge in [-0.3, -0.25) is 0 Å². The zero-order valence-corrected chi connectivity index (χ0v) is 7.09. The highest BCUT2D eigenvalue weighted by atomic mass is 35.5. The van der Waals surface area contributed by atoms with Crippen molar-refractivity contribution < 1.29 is 9.50 Å². The summed E-state index contributed by atoms with van der Waals surface area (Å²) in [7, 11) is 0. The molecule has 1 saturated heterocycles. The average molecular weight is 182 g/mol. The third kappa shape index (κ3) is 1.25. The van der Waals surface area contributed by atoms with Gasteiger partial charge in [0.25, 0.3) is 0 Å². The first-order valence-electron chi connectivity index (χ1n) is 3.73. The fourth-order valence-electron chi connectivity index (χ4n) is 2.09. The summed E-state index contributed by atoms with van der Waals surface area (Å²) in [5.74, 6) is 0. The number of nitrogens with one attached hydrogen (secondary N) is 1. The van der Waals surface area contributed by atoms with Gasteiger partial charge >= 0.3 is 0 Å². The quantitative estimate of drug-likeness (QED) is 0.622. The van der Waals surface area contributed by atoms with Gasteiger partial charge in [-0.15, -0.1) is 12.4 Å². The van der Waals surface area contributed by atoms with Crippen molar-refractivity contribution in [2.24, 2.45) is 0 Å². The van der Waals surface area contributed by atoms with Gasteiger partial charge in [0.2, 0.25) is 0 Å². The van der Waals surface area contributed by atoms with Gasteiger partial charge in [-0.05, 0) is 12.8 Å². The summed E-state index contributed by atoms with van der Waals surface area (Å²) in [5, 5.41) is 12.0. The molecule has 2 N–H and O–H groups in total. The molecule has 0 aromatic carbocycles. The van der Waals surface area contributed by atoms with Gasteiger partial charge in [-0.1, -0.05) is 0 Å². The standard InChI is InChI=1S/C7H12FNO.ClH/c8-6-1-2-7(3-6,5-10)9-4-6;/h9-10H,1-5H2;1H. The summed E-state index contributed by atoms with van der Waals surface area (Å²) in [4.78, 5) is 0. The SMILES string of the molecule is Cl.OCC12CCC(F)(CN1)C2. The number of alkyl halides is 1. The first-order valence-corrected chi connectivity index (χ1v) is 3.73. The van der Waals surface area contributed by atoms with E-state index in [4.69, 9.17) is 5.11 Å². The maximum Gasteiger partial charge on any atom is 0.125 e. The third-order valence-electron chi connectivity index (χ3n) is 2.79. The Morgan fingerprint density at radius 1 is 1.45 bits per heavy atom. The number of aliphatic hydroxyl groups excluding tert-OH is 1. The fourth-order valence-corrected chi connectivity index (χ4v) is 2.09. The Balaban J connectivity index is 0.000000605. The summed E-state index contributed by atoms with van der Waals surface area (Å²) < 4.78 is 13.3. The number of fused-ring (bicyclic) bond motifs is 2. The lowest BCUT2D eigenvalue weighted by molar-refractivity contribution is 0.174. The molecule has 0 radical (unpaired) electrons. The molecule has 2 nitrogen and oxygen atoms in total. The Bertz CT molecular complexity index is 157. The van der Waals surface area contributed by atoms with Crippen molar-refractivity contribution in [2.45, 2.75) is 30.5 Å². The second-order valence-electron chi connectivity index (χ2n) is 3.62. The monoisotopic (exact) mass is 181 g/mol. The lowest BCUT2D eigenvalue weighted by Gasteiger charge is -2.24. The highest BCUT2D eigenvalue weighted by Crippen LogP contribution is 2.44. The van der Waals surface area contributed by atoms with Crippen molar-refractivity contribution in [3.8, 4) is 0 Å². The Hall–Kier alpha value is 0.140. The molecule has 4 heteroatoms. The molecule has 1 aliphatic carbocycles. The second-order valence-corrected chi connectivity index (χ2v) is 3.62. The lowest BCUT2D eigenvalue weighted by atomic mass is 10.0. The molecule has 2 rings (SSSR count). The first-order chi connectivity index (χ1) is 4.68. The minimum Gasteiger partial charge on any atom is -0.394 e. The van der Waals surface area contributed by atoms with Crippen LogP contribution < -0.4 is 5.32 Å². The molecule has 66 valence electrons. The molecular formula is C7H13ClFNO. The van der Waals surface area contributed by atoms with Crippen molar-refractivity contribution in [1.82, 2.24) is 5.32 Å². The van der Waals surface area contributed by atoms with Gasteiger partial charge in [0.15, 0.2) is 0 Å². The Morgan fingerprint density at radius 3 is 2.36 bits per heavy atom. The van der Waals surface area contributed by atoms with Crippen LogP contribution in [0.1, 0.15) is 19.3 Å². The second kappa shape index (κ2) is 2.57. The number of aliphatic hydroxyl groups is 1. The fraction of sp³-hybridized carbons (Fsp3) is 1.00. The highest BCUT2D eigenvalue weighted by molar-refractivity contribution is 5.85. The van der Waals surface area contributed by atoms with Crippen LogP contribution in [0.3, 0.4) is 0 Å². The number of piperidine rings is 1. The molecule has 2 bridgehead atoms. The van der Waals surface area contributed by atoms with Crippen LogP contribution in [0.15, 0.2) is 0 Å². The van der Waals surface area contributed by atoms with E-state index in [2.05, 4.69) is 5.32 Å². The molecule has 1 saturated carbocycles. The summed E-state index contributed by atoms with van der Waals surface area (Å²) >= 11 is 0. The first kappa shape index (κ1) is 9.23. The molecule has 0 aromatic rings. The minimum absolute atomic E-state index is 0. The maximum atomic E-state index is 13.3. The predicted molar refractivity (Wildman–Crippen MR) is 42.8 cm³/mol. The van der Waals surface area contributed by atoms with Gasteiger partial charge in [-0.2, -0.15) is 0 Å². The van der Waals surface area contributed by atoms with E-state index in [-0.39, 0.29) is 24.6 Å². The molecule has 2 fully saturated rings. The Labute approximate surface area is 71.6 Å². The van der Waals surface area contributed by atoms with E-state index in [9.17, 15) is 4.39 Å². The Kier molecular flexibility index (Phi) is 2.16. The molecule has 2 atom stereocenters. The van der Waals surface area contributed by atoms with Crippen LogP contribution in [0, 0.1) is 0 Å². The van der Waals surface area contributed by atoms with Gasteiger partial charge in [0, 0.05) is 18.5 Å². The van der Waals surface area contributed by atoms with Gasteiger partial charge in [0.05, 0.1) is 6.61 Å². The summed E-state index contributed by atoms with van der Waals surface area (Å²) in [5.41, 5.74) is -1.25. The number of rotatable bonds is 1. The molecule has 2 unspecified atom stereocenters. The van der Waals surface area contributed by atoms with Crippen LogP contribution in [0.4, 0.5) is 4.39 Å².